The molecule has 0 aliphatic carbocycles. The largest absolute Gasteiger partial charge is 0.465 e. The molecule has 0 radical (unpaired) electrons. The molecule has 0 saturated heterocycles. The Kier molecular flexibility index (Phi) is 5.17. The highest BCUT2D eigenvalue weighted by Crippen LogP contribution is 2.36. The van der Waals surface area contributed by atoms with Crippen molar-refractivity contribution in [1.29, 1.82) is 0 Å². The number of furan rings is 1. The fourth-order valence-corrected chi connectivity index (χ4v) is 3.28. The first-order valence-corrected chi connectivity index (χ1v) is 9.14. The molecule has 0 aliphatic heterocycles. The summed E-state index contributed by atoms with van der Waals surface area (Å²) in [5, 5.41) is 4.63. The standard InChI is InChI=1S/C23H18N2O5/c1-28-22(26)19-20(17-12-7-6-11-16(17)18-13-8-14-30-18)24-25(21(19)23(27)29-2)15-9-4-3-5-10-15/h3-14H,1-2H3. The molecule has 2 heterocycles. The summed E-state index contributed by atoms with van der Waals surface area (Å²) >= 11 is 0. The lowest BCUT2D eigenvalue weighted by Crippen LogP contribution is -2.15. The second-order valence-corrected chi connectivity index (χ2v) is 6.33. The lowest BCUT2D eigenvalue weighted by atomic mass is 9.99. The number of carbonyl (C=O) groups is 2. The molecule has 7 nitrogen and oxygen atoms in total. The third-order valence-corrected chi connectivity index (χ3v) is 4.62. The van der Waals surface area contributed by atoms with E-state index in [1.54, 1.807) is 24.5 Å². The van der Waals surface area contributed by atoms with Crippen molar-refractivity contribution in [2.75, 3.05) is 14.2 Å². The van der Waals surface area contributed by atoms with Gasteiger partial charge >= 0.3 is 11.9 Å². The summed E-state index contributed by atoms with van der Waals surface area (Å²) < 4.78 is 16.9. The Morgan fingerprint density at radius 3 is 2.13 bits per heavy atom. The summed E-state index contributed by atoms with van der Waals surface area (Å²) in [6.45, 7) is 0. The minimum Gasteiger partial charge on any atom is -0.465 e. The molecular weight excluding hydrogens is 384 g/mol. The van der Waals surface area contributed by atoms with Crippen LogP contribution in [0, 0.1) is 0 Å². The van der Waals surface area contributed by atoms with Gasteiger partial charge < -0.3 is 13.9 Å². The van der Waals surface area contributed by atoms with Crippen LogP contribution in [0.25, 0.3) is 28.3 Å². The number of para-hydroxylation sites is 1. The highest BCUT2D eigenvalue weighted by atomic mass is 16.5. The highest BCUT2D eigenvalue weighted by Gasteiger charge is 2.32. The van der Waals surface area contributed by atoms with Crippen LogP contribution in [0.5, 0.6) is 0 Å². The number of benzene rings is 2. The van der Waals surface area contributed by atoms with Gasteiger partial charge in [0.05, 0.1) is 26.2 Å². The van der Waals surface area contributed by atoms with E-state index in [-0.39, 0.29) is 17.0 Å². The molecule has 0 atom stereocenters. The molecule has 30 heavy (non-hydrogen) atoms. The molecule has 7 heteroatoms. The van der Waals surface area contributed by atoms with Gasteiger partial charge in [0.15, 0.2) is 5.69 Å². The molecule has 2 aromatic heterocycles. The average Bonchev–Trinajstić information content (AvgIpc) is 3.47. The molecule has 4 rings (SSSR count). The Labute approximate surface area is 172 Å². The lowest BCUT2D eigenvalue weighted by molar-refractivity contribution is 0.0549. The van der Waals surface area contributed by atoms with E-state index in [4.69, 9.17) is 13.9 Å². The fourth-order valence-electron chi connectivity index (χ4n) is 3.28. The van der Waals surface area contributed by atoms with Crippen LogP contribution in [0.1, 0.15) is 20.8 Å². The third-order valence-electron chi connectivity index (χ3n) is 4.62. The smallest absolute Gasteiger partial charge is 0.357 e. The zero-order valence-corrected chi connectivity index (χ0v) is 16.4. The predicted octanol–water partition coefficient (Wildman–Crippen LogP) is 4.37. The fraction of sp³-hybridized carbons (Fsp3) is 0.0870. The monoisotopic (exact) mass is 402 g/mol. The molecule has 0 amide bonds. The Balaban J connectivity index is 2.06. The Bertz CT molecular complexity index is 1190. The van der Waals surface area contributed by atoms with Gasteiger partial charge in [0, 0.05) is 11.1 Å². The summed E-state index contributed by atoms with van der Waals surface area (Å²) in [7, 11) is 2.51. The van der Waals surface area contributed by atoms with Crippen LogP contribution < -0.4 is 0 Å². The van der Waals surface area contributed by atoms with E-state index in [0.717, 1.165) is 5.56 Å². The van der Waals surface area contributed by atoms with E-state index in [0.29, 0.717) is 17.0 Å². The first-order chi connectivity index (χ1) is 14.7. The topological polar surface area (TPSA) is 83.6 Å². The normalized spacial score (nSPS) is 10.6. The SMILES string of the molecule is COC(=O)c1c(-c2ccccc2-c2ccco2)nn(-c2ccccc2)c1C(=O)OC. The van der Waals surface area contributed by atoms with E-state index in [1.807, 2.05) is 48.5 Å². The maximum atomic E-state index is 12.8. The lowest BCUT2D eigenvalue weighted by Gasteiger charge is -2.07. The number of esters is 2. The first kappa shape index (κ1) is 19.2. The third kappa shape index (κ3) is 3.26. The van der Waals surface area contributed by atoms with Gasteiger partial charge in [-0.25, -0.2) is 14.3 Å². The van der Waals surface area contributed by atoms with Crippen LogP contribution in [0.15, 0.2) is 77.4 Å². The van der Waals surface area contributed by atoms with E-state index in [1.165, 1.54) is 18.9 Å². The highest BCUT2D eigenvalue weighted by molar-refractivity contribution is 6.07. The van der Waals surface area contributed by atoms with Gasteiger partial charge in [-0.1, -0.05) is 42.5 Å². The number of ether oxygens (including phenoxy) is 2. The maximum Gasteiger partial charge on any atom is 0.357 e. The summed E-state index contributed by atoms with van der Waals surface area (Å²) in [6, 6.07) is 20.0. The molecule has 0 aliphatic rings. The molecule has 0 unspecified atom stereocenters. The minimum atomic E-state index is -0.700. The summed E-state index contributed by atoms with van der Waals surface area (Å²) in [6.07, 6.45) is 1.57. The minimum absolute atomic E-state index is 0.0141. The number of methoxy groups -OCH3 is 2. The zero-order valence-electron chi connectivity index (χ0n) is 16.4. The number of hydrogen-bond donors (Lipinski definition) is 0. The van der Waals surface area contributed by atoms with Crippen molar-refractivity contribution in [2.45, 2.75) is 0 Å². The van der Waals surface area contributed by atoms with Crippen LogP contribution in [-0.4, -0.2) is 35.9 Å². The van der Waals surface area contributed by atoms with Crippen molar-refractivity contribution in [2.24, 2.45) is 0 Å². The molecule has 4 aromatic rings. The van der Waals surface area contributed by atoms with E-state index >= 15 is 0 Å². The van der Waals surface area contributed by atoms with Gasteiger partial charge in [0.25, 0.3) is 0 Å². The summed E-state index contributed by atoms with van der Waals surface area (Å²) in [5.74, 6) is -0.786. The van der Waals surface area contributed by atoms with E-state index in [9.17, 15) is 9.59 Å². The number of hydrogen-bond acceptors (Lipinski definition) is 6. The predicted molar refractivity (Wildman–Crippen MR) is 109 cm³/mol. The zero-order chi connectivity index (χ0) is 21.1. The van der Waals surface area contributed by atoms with Gasteiger partial charge in [0.1, 0.15) is 17.0 Å². The average molecular weight is 402 g/mol. The van der Waals surface area contributed by atoms with Crippen molar-refractivity contribution in [3.8, 4) is 28.3 Å². The van der Waals surface area contributed by atoms with Crippen molar-refractivity contribution in [3.05, 3.63) is 84.3 Å². The van der Waals surface area contributed by atoms with Gasteiger partial charge in [-0.15, -0.1) is 0 Å². The second kappa shape index (κ2) is 8.08. The molecule has 2 aromatic carbocycles. The molecule has 150 valence electrons. The molecule has 0 fully saturated rings. The first-order valence-electron chi connectivity index (χ1n) is 9.14. The molecule has 0 spiro atoms. The van der Waals surface area contributed by atoms with E-state index < -0.39 is 11.9 Å². The van der Waals surface area contributed by atoms with Crippen molar-refractivity contribution >= 4 is 11.9 Å². The molecular formula is C23H18N2O5. The molecule has 0 bridgehead atoms. The maximum absolute atomic E-state index is 12.8. The number of aromatic nitrogens is 2. The van der Waals surface area contributed by atoms with Crippen molar-refractivity contribution in [1.82, 2.24) is 9.78 Å². The quantitative estimate of drug-likeness (QED) is 0.461. The van der Waals surface area contributed by atoms with Crippen molar-refractivity contribution in [3.63, 3.8) is 0 Å². The van der Waals surface area contributed by atoms with E-state index in [2.05, 4.69) is 5.10 Å². The number of nitrogens with zero attached hydrogens (tertiary/aromatic N) is 2. The Morgan fingerprint density at radius 1 is 0.833 bits per heavy atom. The molecule has 0 N–H and O–H groups in total. The summed E-state index contributed by atoms with van der Waals surface area (Å²) in [4.78, 5) is 25.5. The molecule has 0 saturated carbocycles. The Hall–Kier alpha value is -4.13. The van der Waals surface area contributed by atoms with Crippen LogP contribution >= 0.6 is 0 Å². The Morgan fingerprint density at radius 2 is 1.50 bits per heavy atom. The van der Waals surface area contributed by atoms with Crippen LogP contribution in [0.2, 0.25) is 0 Å². The van der Waals surface area contributed by atoms with Gasteiger partial charge in [0.2, 0.25) is 0 Å². The van der Waals surface area contributed by atoms with Gasteiger partial charge in [-0.05, 0) is 24.3 Å². The number of rotatable bonds is 5. The van der Waals surface area contributed by atoms with Gasteiger partial charge in [-0.2, -0.15) is 5.10 Å². The van der Waals surface area contributed by atoms with Crippen LogP contribution in [0.4, 0.5) is 0 Å². The van der Waals surface area contributed by atoms with Crippen LogP contribution in [-0.2, 0) is 9.47 Å². The summed E-state index contributed by atoms with van der Waals surface area (Å²) in [5.41, 5.74) is 2.24. The van der Waals surface area contributed by atoms with Crippen molar-refractivity contribution < 1.29 is 23.5 Å². The van der Waals surface area contributed by atoms with Crippen LogP contribution in [0.3, 0.4) is 0 Å². The second-order valence-electron chi connectivity index (χ2n) is 6.33. The van der Waals surface area contributed by atoms with Gasteiger partial charge in [-0.3, -0.25) is 0 Å². The number of carbonyl (C=O) groups excluding carboxylic acids is 2.